The van der Waals surface area contributed by atoms with E-state index in [1.165, 1.54) is 11.4 Å². The molecule has 1 heterocycles. The number of ether oxygens (including phenoxy) is 1. The van der Waals surface area contributed by atoms with Crippen LogP contribution in [-0.2, 0) is 10.0 Å². The predicted molar refractivity (Wildman–Crippen MR) is 79.5 cm³/mol. The molecule has 1 aromatic heterocycles. The summed E-state index contributed by atoms with van der Waals surface area (Å²) in [5, 5.41) is 10.4. The van der Waals surface area contributed by atoms with Crippen LogP contribution in [0.25, 0.3) is 0 Å². The highest BCUT2D eigenvalue weighted by molar-refractivity contribution is 7.89. The van der Waals surface area contributed by atoms with Crippen LogP contribution in [0.15, 0.2) is 24.5 Å². The van der Waals surface area contributed by atoms with Crippen molar-refractivity contribution in [2.45, 2.75) is 44.4 Å². The minimum absolute atomic E-state index is 0.0981. The van der Waals surface area contributed by atoms with Crippen LogP contribution in [0.4, 0.5) is 0 Å². The fourth-order valence-corrected chi connectivity index (χ4v) is 4.10. The van der Waals surface area contributed by atoms with Gasteiger partial charge < -0.3 is 9.84 Å². The molecule has 1 fully saturated rings. The summed E-state index contributed by atoms with van der Waals surface area (Å²) in [6, 6.07) is 3.10. The molecule has 0 radical (unpaired) electrons. The number of hydrogen-bond donors (Lipinski definition) is 1. The van der Waals surface area contributed by atoms with E-state index in [2.05, 4.69) is 4.98 Å². The molecule has 0 unspecified atom stereocenters. The number of likely N-dealkylation sites (N-methyl/N-ethyl adjacent to an activating group) is 1. The molecule has 118 valence electrons. The quantitative estimate of drug-likeness (QED) is 0.848. The summed E-state index contributed by atoms with van der Waals surface area (Å²) < 4.78 is 31.2. The lowest BCUT2D eigenvalue weighted by Gasteiger charge is -2.28. The number of pyridine rings is 1. The third kappa shape index (κ3) is 3.72. The maximum atomic E-state index is 12.1. The van der Waals surface area contributed by atoms with Gasteiger partial charge in [-0.3, -0.25) is 4.98 Å². The molecular weight excluding hydrogens is 292 g/mol. The molecule has 21 heavy (non-hydrogen) atoms. The highest BCUT2D eigenvalue weighted by atomic mass is 32.2. The summed E-state index contributed by atoms with van der Waals surface area (Å²) in [7, 11) is -1.78. The summed E-state index contributed by atoms with van der Waals surface area (Å²) in [6.45, 7) is 1.82. The Bertz CT molecular complexity index is 549. The normalized spacial score (nSPS) is 26.2. The molecule has 0 aromatic carbocycles. The smallest absolute Gasteiger partial charge is 0.214 e. The van der Waals surface area contributed by atoms with E-state index in [1.54, 1.807) is 24.5 Å². The number of sulfonamides is 1. The summed E-state index contributed by atoms with van der Waals surface area (Å²) in [5.74, 6) is 0.683. The first-order valence-electron chi connectivity index (χ1n) is 7.16. The van der Waals surface area contributed by atoms with Crippen LogP contribution in [0.3, 0.4) is 0 Å². The maximum absolute atomic E-state index is 12.1. The molecule has 0 bridgehead atoms. The van der Waals surface area contributed by atoms with Gasteiger partial charge in [0, 0.05) is 13.2 Å². The lowest BCUT2D eigenvalue weighted by molar-refractivity contribution is 0.0331. The molecule has 2 rings (SSSR count). The number of aromatic nitrogens is 1. The molecule has 1 aromatic rings. The van der Waals surface area contributed by atoms with Gasteiger partial charge in [-0.2, -0.15) is 4.31 Å². The van der Waals surface area contributed by atoms with Gasteiger partial charge in [-0.05, 0) is 31.4 Å². The lowest BCUT2D eigenvalue weighted by atomic mass is 10.2. The van der Waals surface area contributed by atoms with Crippen LogP contribution in [0.5, 0.6) is 5.75 Å². The van der Waals surface area contributed by atoms with E-state index in [-0.39, 0.29) is 5.75 Å². The van der Waals surface area contributed by atoms with E-state index >= 15 is 0 Å². The van der Waals surface area contributed by atoms with Crippen molar-refractivity contribution < 1.29 is 18.3 Å². The third-order valence-corrected chi connectivity index (χ3v) is 5.88. The van der Waals surface area contributed by atoms with Crippen LogP contribution < -0.4 is 4.74 Å². The van der Waals surface area contributed by atoms with Crippen molar-refractivity contribution in [3.05, 3.63) is 24.5 Å². The molecule has 0 aliphatic heterocycles. The molecular formula is C14H22N2O4S. The summed E-state index contributed by atoms with van der Waals surface area (Å²) in [4.78, 5) is 3.96. The SMILES string of the molecule is CCCS(=O)(=O)N(C)[C@@H]1CC[C@@H](Oc2cccnc2)[C@@H]1O. The molecule has 7 heteroatoms. The highest BCUT2D eigenvalue weighted by Crippen LogP contribution is 2.29. The molecule has 1 N–H and O–H groups in total. The first-order valence-corrected chi connectivity index (χ1v) is 8.77. The van der Waals surface area contributed by atoms with Crippen molar-refractivity contribution in [2.24, 2.45) is 0 Å². The Morgan fingerprint density at radius 3 is 2.86 bits per heavy atom. The highest BCUT2D eigenvalue weighted by Gasteiger charge is 2.41. The van der Waals surface area contributed by atoms with Gasteiger partial charge in [0.2, 0.25) is 10.0 Å². The van der Waals surface area contributed by atoms with E-state index < -0.39 is 28.3 Å². The van der Waals surface area contributed by atoms with Gasteiger partial charge in [0.1, 0.15) is 18.0 Å². The van der Waals surface area contributed by atoms with Crippen molar-refractivity contribution in [3.8, 4) is 5.75 Å². The van der Waals surface area contributed by atoms with E-state index in [0.29, 0.717) is 25.0 Å². The molecule has 1 aliphatic carbocycles. The van der Waals surface area contributed by atoms with Crippen molar-refractivity contribution in [3.63, 3.8) is 0 Å². The van der Waals surface area contributed by atoms with Crippen LogP contribution in [0.1, 0.15) is 26.2 Å². The van der Waals surface area contributed by atoms with E-state index in [9.17, 15) is 13.5 Å². The number of aliphatic hydroxyl groups is 1. The summed E-state index contributed by atoms with van der Waals surface area (Å²) >= 11 is 0. The molecule has 6 nitrogen and oxygen atoms in total. The minimum atomic E-state index is -3.32. The van der Waals surface area contributed by atoms with Gasteiger partial charge >= 0.3 is 0 Å². The van der Waals surface area contributed by atoms with Crippen LogP contribution in [0, 0.1) is 0 Å². The topological polar surface area (TPSA) is 79.7 Å². The van der Waals surface area contributed by atoms with Crippen molar-refractivity contribution in [1.82, 2.24) is 9.29 Å². The Labute approximate surface area is 125 Å². The van der Waals surface area contributed by atoms with E-state index in [1.807, 2.05) is 6.92 Å². The first-order chi connectivity index (χ1) is 9.95. The largest absolute Gasteiger partial charge is 0.486 e. The van der Waals surface area contributed by atoms with Crippen LogP contribution in [-0.4, -0.2) is 53.9 Å². The second kappa shape index (κ2) is 6.72. The van der Waals surface area contributed by atoms with Gasteiger partial charge in [-0.25, -0.2) is 8.42 Å². The molecule has 0 amide bonds. The Kier molecular flexibility index (Phi) is 5.18. The molecule has 0 spiro atoms. The number of nitrogens with zero attached hydrogens (tertiary/aromatic N) is 2. The van der Waals surface area contributed by atoms with Crippen molar-refractivity contribution in [1.29, 1.82) is 0 Å². The lowest BCUT2D eigenvalue weighted by Crippen LogP contribution is -2.46. The Morgan fingerprint density at radius 2 is 2.24 bits per heavy atom. The zero-order valence-electron chi connectivity index (χ0n) is 12.3. The predicted octanol–water partition coefficient (Wildman–Crippen LogP) is 1.02. The van der Waals surface area contributed by atoms with Crippen LogP contribution in [0.2, 0.25) is 0 Å². The fourth-order valence-electron chi connectivity index (χ4n) is 2.65. The van der Waals surface area contributed by atoms with Gasteiger partial charge in [0.25, 0.3) is 0 Å². The third-order valence-electron chi connectivity index (χ3n) is 3.81. The molecule has 3 atom stereocenters. The number of aliphatic hydroxyl groups excluding tert-OH is 1. The zero-order chi connectivity index (χ0) is 15.5. The fraction of sp³-hybridized carbons (Fsp3) is 0.643. The average Bonchev–Trinajstić information content (AvgIpc) is 2.80. The van der Waals surface area contributed by atoms with E-state index in [0.717, 1.165) is 0 Å². The van der Waals surface area contributed by atoms with Gasteiger partial charge in [0.05, 0.1) is 18.0 Å². The number of hydrogen-bond acceptors (Lipinski definition) is 5. The second-order valence-electron chi connectivity index (χ2n) is 5.31. The Morgan fingerprint density at radius 1 is 1.48 bits per heavy atom. The second-order valence-corrected chi connectivity index (χ2v) is 7.46. The first kappa shape index (κ1) is 16.2. The molecule has 0 saturated heterocycles. The Hall–Kier alpha value is -1.18. The number of rotatable bonds is 6. The summed E-state index contributed by atoms with van der Waals surface area (Å²) in [5.41, 5.74) is 0. The van der Waals surface area contributed by atoms with E-state index in [4.69, 9.17) is 4.74 Å². The summed E-state index contributed by atoms with van der Waals surface area (Å²) in [6.07, 6.45) is 3.76. The Balaban J connectivity index is 2.03. The standard InChI is InChI=1S/C14H22N2O4S/c1-3-9-21(18,19)16(2)12-6-7-13(14(12)17)20-11-5-4-8-15-10-11/h4-5,8,10,12-14,17H,3,6-7,9H2,1-2H3/t12-,13-,14-/m1/s1. The van der Waals surface area contributed by atoms with Gasteiger partial charge in [-0.15, -0.1) is 0 Å². The van der Waals surface area contributed by atoms with Gasteiger partial charge in [0.15, 0.2) is 0 Å². The van der Waals surface area contributed by atoms with Gasteiger partial charge in [-0.1, -0.05) is 6.92 Å². The maximum Gasteiger partial charge on any atom is 0.214 e. The molecule has 1 saturated carbocycles. The average molecular weight is 314 g/mol. The van der Waals surface area contributed by atoms with Crippen molar-refractivity contribution >= 4 is 10.0 Å². The zero-order valence-corrected chi connectivity index (χ0v) is 13.2. The van der Waals surface area contributed by atoms with Crippen molar-refractivity contribution in [2.75, 3.05) is 12.8 Å². The minimum Gasteiger partial charge on any atom is -0.486 e. The van der Waals surface area contributed by atoms with Crippen LogP contribution >= 0.6 is 0 Å². The monoisotopic (exact) mass is 314 g/mol. The molecule has 1 aliphatic rings.